The van der Waals surface area contributed by atoms with Gasteiger partial charge in [-0.25, -0.2) is 4.79 Å². The maximum Gasteiger partial charge on any atom is 0.336 e. The SMILES string of the molecule is Cc1cc(=O)oc2cc(O[C@H]3O[C@@H](CO)[C@@H](O)[C@@H](O)[C@@H]3O)ccc12. The van der Waals surface area contributed by atoms with E-state index in [0.717, 1.165) is 10.9 Å². The van der Waals surface area contributed by atoms with Crippen LogP contribution in [0.3, 0.4) is 0 Å². The summed E-state index contributed by atoms with van der Waals surface area (Å²) in [5.41, 5.74) is 0.563. The van der Waals surface area contributed by atoms with E-state index < -0.39 is 42.9 Å². The number of fused-ring (bicyclic) bond motifs is 1. The zero-order valence-electron chi connectivity index (χ0n) is 12.8. The Balaban J connectivity index is 1.87. The molecule has 8 heteroatoms. The highest BCUT2D eigenvalue weighted by atomic mass is 16.7. The molecule has 3 rings (SSSR count). The molecule has 0 radical (unpaired) electrons. The number of rotatable bonds is 3. The van der Waals surface area contributed by atoms with E-state index in [2.05, 4.69) is 0 Å². The molecule has 1 aliphatic rings. The number of hydrogen-bond donors (Lipinski definition) is 4. The standard InChI is InChI=1S/C16H18O8/c1-7-4-12(18)23-10-5-8(2-3-9(7)10)22-16-15(21)14(20)13(19)11(6-17)24-16/h2-5,11,13-17,19-21H,6H2,1H3/t11-,13+,14+,15-,16-/m0/s1. The Bertz CT molecular complexity index is 783. The van der Waals surface area contributed by atoms with E-state index in [0.29, 0.717) is 5.58 Å². The van der Waals surface area contributed by atoms with Gasteiger partial charge in [-0.1, -0.05) is 0 Å². The van der Waals surface area contributed by atoms with Crippen LogP contribution in [0.25, 0.3) is 11.0 Å². The summed E-state index contributed by atoms with van der Waals surface area (Å²) in [4.78, 5) is 11.5. The summed E-state index contributed by atoms with van der Waals surface area (Å²) in [6.07, 6.45) is -6.85. The third-order valence-electron chi connectivity index (χ3n) is 4.02. The Morgan fingerprint density at radius 3 is 2.58 bits per heavy atom. The topological polar surface area (TPSA) is 130 Å². The minimum absolute atomic E-state index is 0.237. The first-order valence-electron chi connectivity index (χ1n) is 7.42. The summed E-state index contributed by atoms with van der Waals surface area (Å²) in [6, 6.07) is 6.12. The van der Waals surface area contributed by atoms with Gasteiger partial charge in [0.15, 0.2) is 0 Å². The number of aliphatic hydroxyl groups is 4. The highest BCUT2D eigenvalue weighted by Crippen LogP contribution is 2.27. The number of benzene rings is 1. The molecule has 1 aliphatic heterocycles. The normalized spacial score (nSPS) is 30.5. The van der Waals surface area contributed by atoms with E-state index in [1.165, 1.54) is 12.1 Å². The van der Waals surface area contributed by atoms with Crippen LogP contribution in [-0.2, 0) is 4.74 Å². The van der Waals surface area contributed by atoms with Crippen LogP contribution in [-0.4, -0.2) is 57.7 Å². The number of aryl methyl sites for hydroxylation is 1. The molecular formula is C16H18O8. The largest absolute Gasteiger partial charge is 0.462 e. The highest BCUT2D eigenvalue weighted by molar-refractivity contribution is 5.81. The summed E-state index contributed by atoms with van der Waals surface area (Å²) >= 11 is 0. The second-order valence-electron chi connectivity index (χ2n) is 5.72. The molecule has 0 bridgehead atoms. The number of hydrogen-bond acceptors (Lipinski definition) is 8. The van der Waals surface area contributed by atoms with Crippen molar-refractivity contribution in [1.82, 2.24) is 0 Å². The Kier molecular flexibility index (Phi) is 4.57. The van der Waals surface area contributed by atoms with Crippen molar-refractivity contribution < 1.29 is 34.3 Å². The fourth-order valence-corrected chi connectivity index (χ4v) is 2.68. The van der Waals surface area contributed by atoms with Gasteiger partial charge in [-0.3, -0.25) is 0 Å². The van der Waals surface area contributed by atoms with Gasteiger partial charge >= 0.3 is 5.63 Å². The molecule has 2 aromatic rings. The average molecular weight is 338 g/mol. The van der Waals surface area contributed by atoms with Gasteiger partial charge in [-0.05, 0) is 24.6 Å². The molecule has 2 heterocycles. The van der Waals surface area contributed by atoms with Crippen molar-refractivity contribution >= 4 is 11.0 Å². The molecule has 0 amide bonds. The van der Waals surface area contributed by atoms with Crippen molar-refractivity contribution in [2.24, 2.45) is 0 Å². The van der Waals surface area contributed by atoms with Gasteiger partial charge in [-0.15, -0.1) is 0 Å². The predicted octanol–water partition coefficient (Wildman–Crippen LogP) is -0.720. The first kappa shape index (κ1) is 16.9. The van der Waals surface area contributed by atoms with E-state index >= 15 is 0 Å². The minimum Gasteiger partial charge on any atom is -0.462 e. The van der Waals surface area contributed by atoms with Crippen LogP contribution in [0.1, 0.15) is 5.56 Å². The van der Waals surface area contributed by atoms with Gasteiger partial charge in [-0.2, -0.15) is 0 Å². The third-order valence-corrected chi connectivity index (χ3v) is 4.02. The zero-order valence-corrected chi connectivity index (χ0v) is 12.8. The van der Waals surface area contributed by atoms with Gasteiger partial charge < -0.3 is 34.3 Å². The molecule has 1 aromatic carbocycles. The summed E-state index contributed by atoms with van der Waals surface area (Å²) < 4.78 is 15.9. The number of ether oxygens (including phenoxy) is 2. The van der Waals surface area contributed by atoms with Crippen LogP contribution < -0.4 is 10.4 Å². The minimum atomic E-state index is -1.53. The van der Waals surface area contributed by atoms with Crippen LogP contribution in [0, 0.1) is 6.92 Å². The van der Waals surface area contributed by atoms with Gasteiger partial charge in [0.1, 0.15) is 35.7 Å². The Morgan fingerprint density at radius 2 is 1.88 bits per heavy atom. The summed E-state index contributed by atoms with van der Waals surface area (Å²) in [5.74, 6) is 0.237. The van der Waals surface area contributed by atoms with Crippen LogP contribution in [0.15, 0.2) is 33.5 Å². The smallest absolute Gasteiger partial charge is 0.336 e. The van der Waals surface area contributed by atoms with Gasteiger partial charge in [0.25, 0.3) is 0 Å². The molecule has 24 heavy (non-hydrogen) atoms. The summed E-state index contributed by atoms with van der Waals surface area (Å²) in [5, 5.41) is 39.4. The Hall–Kier alpha value is -1.97. The monoisotopic (exact) mass is 338 g/mol. The van der Waals surface area contributed by atoms with Crippen molar-refractivity contribution in [3.8, 4) is 5.75 Å². The third kappa shape index (κ3) is 3.02. The first-order chi connectivity index (χ1) is 11.4. The maximum absolute atomic E-state index is 11.5. The summed E-state index contributed by atoms with van der Waals surface area (Å²) in [6.45, 7) is 1.23. The van der Waals surface area contributed by atoms with E-state index in [9.17, 15) is 20.1 Å². The molecule has 0 spiro atoms. The molecule has 8 nitrogen and oxygen atoms in total. The molecule has 4 N–H and O–H groups in total. The van der Waals surface area contributed by atoms with E-state index in [4.69, 9.17) is 19.0 Å². The van der Waals surface area contributed by atoms with Crippen molar-refractivity contribution in [2.75, 3.05) is 6.61 Å². The maximum atomic E-state index is 11.5. The van der Waals surface area contributed by atoms with Crippen molar-refractivity contribution in [3.63, 3.8) is 0 Å². The lowest BCUT2D eigenvalue weighted by Gasteiger charge is -2.39. The van der Waals surface area contributed by atoms with Crippen LogP contribution in [0.2, 0.25) is 0 Å². The lowest BCUT2D eigenvalue weighted by molar-refractivity contribution is -0.277. The highest BCUT2D eigenvalue weighted by Gasteiger charge is 2.44. The van der Waals surface area contributed by atoms with Crippen LogP contribution >= 0.6 is 0 Å². The number of aliphatic hydroxyl groups excluding tert-OH is 4. The van der Waals surface area contributed by atoms with E-state index in [1.54, 1.807) is 19.1 Å². The molecule has 0 unspecified atom stereocenters. The van der Waals surface area contributed by atoms with Crippen molar-refractivity contribution in [1.29, 1.82) is 0 Å². The quantitative estimate of drug-likeness (QED) is 0.540. The van der Waals surface area contributed by atoms with Crippen molar-refractivity contribution in [2.45, 2.75) is 37.6 Å². The van der Waals surface area contributed by atoms with E-state index in [1.807, 2.05) is 0 Å². The fourth-order valence-electron chi connectivity index (χ4n) is 2.68. The first-order valence-corrected chi connectivity index (χ1v) is 7.42. The molecule has 5 atom stereocenters. The molecule has 1 aromatic heterocycles. The second kappa shape index (κ2) is 6.50. The molecule has 0 saturated carbocycles. The molecule has 1 saturated heterocycles. The van der Waals surface area contributed by atoms with Gasteiger partial charge in [0.05, 0.1) is 6.61 Å². The molecule has 0 aliphatic carbocycles. The molecule has 130 valence electrons. The van der Waals surface area contributed by atoms with Crippen molar-refractivity contribution in [3.05, 3.63) is 40.2 Å². The fraction of sp³-hybridized carbons (Fsp3) is 0.438. The lowest BCUT2D eigenvalue weighted by atomic mass is 9.99. The van der Waals surface area contributed by atoms with E-state index in [-0.39, 0.29) is 5.75 Å². The van der Waals surface area contributed by atoms with Crippen LogP contribution in [0.5, 0.6) is 5.75 Å². The molecular weight excluding hydrogens is 320 g/mol. The van der Waals surface area contributed by atoms with Gasteiger partial charge in [0, 0.05) is 17.5 Å². The van der Waals surface area contributed by atoms with Gasteiger partial charge in [0.2, 0.25) is 6.29 Å². The predicted molar refractivity (Wildman–Crippen MR) is 81.6 cm³/mol. The Morgan fingerprint density at radius 1 is 1.12 bits per heavy atom. The second-order valence-corrected chi connectivity index (χ2v) is 5.72. The average Bonchev–Trinajstić information content (AvgIpc) is 2.55. The lowest BCUT2D eigenvalue weighted by Crippen LogP contribution is -2.60. The molecule has 1 fully saturated rings. The Labute approximate surface area is 136 Å². The van der Waals surface area contributed by atoms with Crippen LogP contribution in [0.4, 0.5) is 0 Å². The zero-order chi connectivity index (χ0) is 17.4. The summed E-state index contributed by atoms with van der Waals surface area (Å²) in [7, 11) is 0.